The van der Waals surface area contributed by atoms with Gasteiger partial charge in [0.2, 0.25) is 0 Å². The van der Waals surface area contributed by atoms with Gasteiger partial charge < -0.3 is 4.74 Å². The number of hydrogen-bond donors (Lipinski definition) is 0. The Morgan fingerprint density at radius 3 is 2.63 bits per heavy atom. The topological polar surface area (TPSA) is 9.23 Å². The van der Waals surface area contributed by atoms with Gasteiger partial charge in [0, 0.05) is 10.9 Å². The molecule has 5 heteroatoms. The van der Waals surface area contributed by atoms with Crippen LogP contribution in [0.3, 0.4) is 0 Å². The van der Waals surface area contributed by atoms with Crippen molar-refractivity contribution in [3.05, 3.63) is 64.2 Å². The zero-order valence-corrected chi connectivity index (χ0v) is 12.1. The first kappa shape index (κ1) is 14.3. The van der Waals surface area contributed by atoms with Crippen LogP contribution in [0.4, 0.5) is 8.78 Å². The molecule has 1 nitrogen and oxygen atoms in total. The Balaban J connectivity index is 2.12. The second-order valence-electron chi connectivity index (χ2n) is 3.90. The summed E-state index contributed by atoms with van der Waals surface area (Å²) in [4.78, 5) is 0. The third-order valence-corrected chi connectivity index (χ3v) is 3.51. The first-order valence-corrected chi connectivity index (χ1v) is 7.02. The van der Waals surface area contributed by atoms with Gasteiger partial charge >= 0.3 is 0 Å². The molecule has 0 aromatic heterocycles. The van der Waals surface area contributed by atoms with Crippen molar-refractivity contribution in [2.24, 2.45) is 0 Å². The molecule has 100 valence electrons. The van der Waals surface area contributed by atoms with Crippen LogP contribution in [0.1, 0.15) is 11.1 Å². The fourth-order valence-electron chi connectivity index (χ4n) is 1.56. The monoisotopic (exact) mass is 346 g/mol. The summed E-state index contributed by atoms with van der Waals surface area (Å²) in [5.74, 6) is -1.34. The fraction of sp³-hybridized carbons (Fsp3) is 0.143. The SMILES string of the molecule is Fc1cccc(COc2ccc(CBr)cc2Cl)c1F. The molecule has 0 spiro atoms. The maximum atomic E-state index is 13.4. The number of hydrogen-bond acceptors (Lipinski definition) is 1. The average Bonchev–Trinajstić information content (AvgIpc) is 2.41. The van der Waals surface area contributed by atoms with Gasteiger partial charge in [0.1, 0.15) is 12.4 Å². The predicted molar refractivity (Wildman–Crippen MR) is 74.8 cm³/mol. The molecule has 0 amide bonds. The van der Waals surface area contributed by atoms with Gasteiger partial charge in [0.25, 0.3) is 0 Å². The first-order valence-electron chi connectivity index (χ1n) is 5.52. The molecular formula is C14H10BrClF2O. The molecule has 0 saturated heterocycles. The molecule has 0 bridgehead atoms. The Hall–Kier alpha value is -1.13. The lowest BCUT2D eigenvalue weighted by Gasteiger charge is -2.09. The Morgan fingerprint density at radius 2 is 1.95 bits per heavy atom. The van der Waals surface area contributed by atoms with Gasteiger partial charge in [-0.3, -0.25) is 0 Å². The normalized spacial score (nSPS) is 10.5. The maximum absolute atomic E-state index is 13.4. The van der Waals surface area contributed by atoms with Crippen LogP contribution < -0.4 is 4.74 Å². The molecule has 0 fully saturated rings. The molecule has 0 unspecified atom stereocenters. The van der Waals surface area contributed by atoms with Gasteiger partial charge in [-0.05, 0) is 23.8 Å². The number of halogens is 4. The minimum absolute atomic E-state index is 0.0724. The van der Waals surface area contributed by atoms with Crippen LogP contribution in [0, 0.1) is 11.6 Å². The average molecular weight is 348 g/mol. The van der Waals surface area contributed by atoms with Crippen LogP contribution in [-0.2, 0) is 11.9 Å². The first-order chi connectivity index (χ1) is 9.11. The van der Waals surface area contributed by atoms with Gasteiger partial charge in [-0.15, -0.1) is 0 Å². The van der Waals surface area contributed by atoms with E-state index in [4.69, 9.17) is 16.3 Å². The van der Waals surface area contributed by atoms with Crippen molar-refractivity contribution in [1.29, 1.82) is 0 Å². The molecule has 0 heterocycles. The largest absolute Gasteiger partial charge is 0.487 e. The van der Waals surface area contributed by atoms with Crippen molar-refractivity contribution in [3.63, 3.8) is 0 Å². The summed E-state index contributed by atoms with van der Waals surface area (Å²) in [5, 5.41) is 1.12. The molecule has 0 aliphatic carbocycles. The Morgan fingerprint density at radius 1 is 1.16 bits per heavy atom. The lowest BCUT2D eigenvalue weighted by molar-refractivity contribution is 0.297. The number of benzene rings is 2. The summed E-state index contributed by atoms with van der Waals surface area (Å²) in [6.45, 7) is -0.0724. The van der Waals surface area contributed by atoms with Gasteiger partial charge in [-0.25, -0.2) is 8.78 Å². The summed E-state index contributed by atoms with van der Waals surface area (Å²) in [7, 11) is 0. The second kappa shape index (κ2) is 6.35. The lowest BCUT2D eigenvalue weighted by Crippen LogP contribution is -2.00. The van der Waals surface area contributed by atoms with E-state index in [9.17, 15) is 8.78 Å². The smallest absolute Gasteiger partial charge is 0.165 e. The summed E-state index contributed by atoms with van der Waals surface area (Å²) in [6.07, 6.45) is 0. The second-order valence-corrected chi connectivity index (χ2v) is 4.87. The van der Waals surface area contributed by atoms with E-state index in [0.29, 0.717) is 16.1 Å². The summed E-state index contributed by atoms with van der Waals surface area (Å²) >= 11 is 9.35. The molecule has 19 heavy (non-hydrogen) atoms. The molecular weight excluding hydrogens is 338 g/mol. The predicted octanol–water partition coefficient (Wildman–Crippen LogP) is 5.09. The molecule has 0 atom stereocenters. The van der Waals surface area contributed by atoms with E-state index in [2.05, 4.69) is 15.9 Å². The van der Waals surface area contributed by atoms with E-state index in [1.807, 2.05) is 6.07 Å². The highest BCUT2D eigenvalue weighted by atomic mass is 79.9. The molecule has 0 saturated carbocycles. The lowest BCUT2D eigenvalue weighted by atomic mass is 10.2. The number of alkyl halides is 1. The summed E-state index contributed by atoms with van der Waals surface area (Å²) in [5.41, 5.74) is 1.16. The maximum Gasteiger partial charge on any atom is 0.165 e. The van der Waals surface area contributed by atoms with Crippen molar-refractivity contribution in [2.75, 3.05) is 0 Å². The van der Waals surface area contributed by atoms with E-state index in [1.54, 1.807) is 12.1 Å². The van der Waals surface area contributed by atoms with Crippen molar-refractivity contribution < 1.29 is 13.5 Å². The molecule has 0 aliphatic rings. The zero-order valence-electron chi connectivity index (χ0n) is 9.80. The van der Waals surface area contributed by atoms with E-state index in [0.717, 1.165) is 11.6 Å². The highest BCUT2D eigenvalue weighted by Gasteiger charge is 2.09. The van der Waals surface area contributed by atoms with Crippen LogP contribution in [-0.4, -0.2) is 0 Å². The van der Waals surface area contributed by atoms with Crippen molar-refractivity contribution in [1.82, 2.24) is 0 Å². The van der Waals surface area contributed by atoms with Crippen LogP contribution in [0.2, 0.25) is 5.02 Å². The standard InChI is InChI=1S/C14H10BrClF2O/c15-7-9-4-5-13(11(16)6-9)19-8-10-2-1-3-12(17)14(10)18/h1-6H,7-8H2. The molecule has 2 aromatic rings. The molecule has 0 aliphatic heterocycles. The Bertz CT molecular complexity index is 590. The van der Waals surface area contributed by atoms with Crippen molar-refractivity contribution >= 4 is 27.5 Å². The van der Waals surface area contributed by atoms with Gasteiger partial charge in [0.05, 0.1) is 5.02 Å². The molecule has 0 radical (unpaired) electrons. The third kappa shape index (κ3) is 3.45. The van der Waals surface area contributed by atoms with E-state index in [1.165, 1.54) is 12.1 Å². The minimum Gasteiger partial charge on any atom is -0.487 e. The van der Waals surface area contributed by atoms with Gasteiger partial charge in [-0.2, -0.15) is 0 Å². The fourth-order valence-corrected chi connectivity index (χ4v) is 2.17. The van der Waals surface area contributed by atoms with Crippen LogP contribution in [0.15, 0.2) is 36.4 Å². The van der Waals surface area contributed by atoms with E-state index >= 15 is 0 Å². The van der Waals surface area contributed by atoms with Crippen molar-refractivity contribution in [3.8, 4) is 5.75 Å². The Kier molecular flexibility index (Phi) is 4.77. The number of ether oxygens (including phenoxy) is 1. The molecule has 0 N–H and O–H groups in total. The highest BCUT2D eigenvalue weighted by molar-refractivity contribution is 9.08. The van der Waals surface area contributed by atoms with Crippen LogP contribution >= 0.6 is 27.5 Å². The van der Waals surface area contributed by atoms with Gasteiger partial charge in [-0.1, -0.05) is 45.7 Å². The summed E-state index contributed by atoms with van der Waals surface area (Å²) in [6, 6.07) is 9.28. The molecule has 2 rings (SSSR count). The highest BCUT2D eigenvalue weighted by Crippen LogP contribution is 2.27. The zero-order chi connectivity index (χ0) is 13.8. The van der Waals surface area contributed by atoms with Crippen LogP contribution in [0.25, 0.3) is 0 Å². The van der Waals surface area contributed by atoms with Crippen molar-refractivity contribution in [2.45, 2.75) is 11.9 Å². The minimum atomic E-state index is -0.893. The number of rotatable bonds is 4. The third-order valence-electron chi connectivity index (χ3n) is 2.57. The van der Waals surface area contributed by atoms with Gasteiger partial charge in [0.15, 0.2) is 11.6 Å². The van der Waals surface area contributed by atoms with Crippen LogP contribution in [0.5, 0.6) is 5.75 Å². The van der Waals surface area contributed by atoms with E-state index < -0.39 is 11.6 Å². The van der Waals surface area contributed by atoms with E-state index in [-0.39, 0.29) is 12.2 Å². The Labute approximate surface area is 123 Å². The quantitative estimate of drug-likeness (QED) is 0.700. The molecule has 2 aromatic carbocycles. The summed E-state index contributed by atoms with van der Waals surface area (Å²) < 4.78 is 31.9.